The number of benzene rings is 2. The van der Waals surface area contributed by atoms with E-state index in [1.807, 2.05) is 18.2 Å². The summed E-state index contributed by atoms with van der Waals surface area (Å²) in [7, 11) is 0. The van der Waals surface area contributed by atoms with Gasteiger partial charge in [-0.1, -0.05) is 41.9 Å². The highest BCUT2D eigenvalue weighted by Gasteiger charge is 2.14. The molecule has 0 radical (unpaired) electrons. The Kier molecular flexibility index (Phi) is 4.33. The van der Waals surface area contributed by atoms with Crippen molar-refractivity contribution in [2.75, 3.05) is 0 Å². The summed E-state index contributed by atoms with van der Waals surface area (Å²) in [5.74, 6) is 0. The molecule has 0 spiro atoms. The predicted molar refractivity (Wildman–Crippen MR) is 86.8 cm³/mol. The van der Waals surface area contributed by atoms with Crippen molar-refractivity contribution in [2.45, 2.75) is 37.5 Å². The number of aryl methyl sites for hydroxylation is 2. The lowest BCUT2D eigenvalue weighted by atomic mass is 9.89. The monoisotopic (exact) mass is 304 g/mol. The van der Waals surface area contributed by atoms with Gasteiger partial charge in [0, 0.05) is 5.02 Å². The number of hydrogen-bond acceptors (Lipinski definition) is 0. The standard InChI is InChI=1S/C18H18Cl2/c19-17-7-3-4-13(10-17)11-18(20)16-9-8-14-5-1-2-6-15(14)12-16/h3-4,7-10,12,18H,1-2,5-6,11H2. The van der Waals surface area contributed by atoms with Gasteiger partial charge in [-0.15, -0.1) is 11.6 Å². The van der Waals surface area contributed by atoms with E-state index in [1.54, 1.807) is 0 Å². The van der Waals surface area contributed by atoms with E-state index in [9.17, 15) is 0 Å². The van der Waals surface area contributed by atoms with E-state index >= 15 is 0 Å². The Hall–Kier alpha value is -0.980. The zero-order valence-corrected chi connectivity index (χ0v) is 12.9. The summed E-state index contributed by atoms with van der Waals surface area (Å²) in [4.78, 5) is 0. The highest BCUT2D eigenvalue weighted by Crippen LogP contribution is 2.30. The van der Waals surface area contributed by atoms with Crippen molar-refractivity contribution in [1.82, 2.24) is 0 Å². The second-order valence-corrected chi connectivity index (χ2v) is 6.50. The minimum absolute atomic E-state index is 0.0145. The van der Waals surface area contributed by atoms with Crippen LogP contribution in [0.3, 0.4) is 0 Å². The maximum atomic E-state index is 6.59. The summed E-state index contributed by atoms with van der Waals surface area (Å²) in [6, 6.07) is 14.7. The van der Waals surface area contributed by atoms with Crippen LogP contribution in [0, 0.1) is 0 Å². The fourth-order valence-corrected chi connectivity index (χ4v) is 3.46. The third-order valence-corrected chi connectivity index (χ3v) is 4.68. The molecule has 0 saturated carbocycles. The first-order chi connectivity index (χ1) is 9.72. The van der Waals surface area contributed by atoms with Gasteiger partial charge in [0.25, 0.3) is 0 Å². The maximum Gasteiger partial charge on any atom is 0.0625 e. The van der Waals surface area contributed by atoms with Crippen LogP contribution in [0.1, 0.15) is 40.5 Å². The predicted octanol–water partition coefficient (Wildman–Crippen LogP) is 5.74. The molecule has 2 heteroatoms. The molecule has 0 heterocycles. The van der Waals surface area contributed by atoms with Crippen LogP contribution in [0.4, 0.5) is 0 Å². The average molecular weight is 305 g/mol. The number of hydrogen-bond donors (Lipinski definition) is 0. The van der Waals surface area contributed by atoms with Gasteiger partial charge in [-0.2, -0.15) is 0 Å². The van der Waals surface area contributed by atoms with Gasteiger partial charge in [-0.3, -0.25) is 0 Å². The summed E-state index contributed by atoms with van der Waals surface area (Å²) in [5, 5.41) is 0.789. The lowest BCUT2D eigenvalue weighted by molar-refractivity contribution is 0.683. The Balaban J connectivity index is 1.78. The highest BCUT2D eigenvalue weighted by molar-refractivity contribution is 6.30. The van der Waals surface area contributed by atoms with Crippen LogP contribution in [-0.2, 0) is 19.3 Å². The van der Waals surface area contributed by atoms with Crippen LogP contribution in [0.15, 0.2) is 42.5 Å². The molecule has 1 atom stereocenters. The second-order valence-electron chi connectivity index (χ2n) is 5.54. The molecule has 2 aromatic carbocycles. The van der Waals surface area contributed by atoms with Gasteiger partial charge in [-0.05, 0) is 66.5 Å². The Labute approximate surface area is 130 Å². The molecule has 1 aliphatic rings. The van der Waals surface area contributed by atoms with Crippen molar-refractivity contribution < 1.29 is 0 Å². The van der Waals surface area contributed by atoms with Gasteiger partial charge in [0.1, 0.15) is 0 Å². The third-order valence-electron chi connectivity index (χ3n) is 4.04. The minimum atomic E-state index is 0.0145. The first kappa shape index (κ1) is 14.0. The topological polar surface area (TPSA) is 0 Å². The second kappa shape index (κ2) is 6.20. The summed E-state index contributed by atoms with van der Waals surface area (Å²) in [6.07, 6.45) is 5.86. The van der Waals surface area contributed by atoms with E-state index in [-0.39, 0.29) is 5.38 Å². The fraction of sp³-hybridized carbons (Fsp3) is 0.333. The third kappa shape index (κ3) is 3.19. The molecule has 0 nitrogen and oxygen atoms in total. The van der Waals surface area contributed by atoms with E-state index in [0.29, 0.717) is 0 Å². The molecule has 1 aliphatic carbocycles. The maximum absolute atomic E-state index is 6.59. The Morgan fingerprint density at radius 2 is 1.75 bits per heavy atom. The quantitative estimate of drug-likeness (QED) is 0.634. The fourth-order valence-electron chi connectivity index (χ4n) is 2.94. The first-order valence-electron chi connectivity index (χ1n) is 7.22. The Morgan fingerprint density at radius 1 is 0.950 bits per heavy atom. The smallest absolute Gasteiger partial charge is 0.0625 e. The molecular formula is C18H18Cl2. The molecule has 104 valence electrons. The van der Waals surface area contributed by atoms with Crippen molar-refractivity contribution in [3.05, 3.63) is 69.7 Å². The van der Waals surface area contributed by atoms with E-state index in [1.165, 1.54) is 47.9 Å². The largest absolute Gasteiger partial charge is 0.117 e. The lowest BCUT2D eigenvalue weighted by Crippen LogP contribution is -2.04. The molecule has 0 aliphatic heterocycles. The molecule has 1 unspecified atom stereocenters. The van der Waals surface area contributed by atoms with E-state index in [4.69, 9.17) is 23.2 Å². The molecule has 3 rings (SSSR count). The molecular weight excluding hydrogens is 287 g/mol. The summed E-state index contributed by atoms with van der Waals surface area (Å²) in [5.41, 5.74) is 5.42. The van der Waals surface area contributed by atoms with Gasteiger partial charge >= 0.3 is 0 Å². The van der Waals surface area contributed by atoms with E-state index in [0.717, 1.165) is 11.4 Å². The minimum Gasteiger partial charge on any atom is -0.117 e. The van der Waals surface area contributed by atoms with Crippen molar-refractivity contribution >= 4 is 23.2 Å². The molecule has 2 aromatic rings. The normalized spacial score (nSPS) is 15.7. The number of rotatable bonds is 3. The number of halogens is 2. The van der Waals surface area contributed by atoms with Crippen molar-refractivity contribution in [3.63, 3.8) is 0 Å². The molecule has 0 saturated heterocycles. The van der Waals surface area contributed by atoms with Crippen LogP contribution in [0.25, 0.3) is 0 Å². The first-order valence-corrected chi connectivity index (χ1v) is 8.04. The SMILES string of the molecule is Clc1cccc(CC(Cl)c2ccc3c(c2)CCCC3)c1. The Bertz CT molecular complexity index is 604. The number of fused-ring (bicyclic) bond motifs is 1. The highest BCUT2D eigenvalue weighted by atomic mass is 35.5. The van der Waals surface area contributed by atoms with Crippen LogP contribution >= 0.6 is 23.2 Å². The van der Waals surface area contributed by atoms with Crippen LogP contribution in [0.2, 0.25) is 5.02 Å². The van der Waals surface area contributed by atoms with Crippen molar-refractivity contribution in [2.24, 2.45) is 0 Å². The molecule has 0 bridgehead atoms. The molecule has 0 N–H and O–H groups in total. The van der Waals surface area contributed by atoms with Gasteiger partial charge < -0.3 is 0 Å². The molecule has 0 fully saturated rings. The van der Waals surface area contributed by atoms with Gasteiger partial charge in [0.05, 0.1) is 5.38 Å². The van der Waals surface area contributed by atoms with Gasteiger partial charge in [0.2, 0.25) is 0 Å². The summed E-state index contributed by atoms with van der Waals surface area (Å²) < 4.78 is 0. The number of alkyl halides is 1. The van der Waals surface area contributed by atoms with Gasteiger partial charge in [-0.25, -0.2) is 0 Å². The van der Waals surface area contributed by atoms with Crippen molar-refractivity contribution in [1.29, 1.82) is 0 Å². The average Bonchev–Trinajstić information content (AvgIpc) is 2.47. The van der Waals surface area contributed by atoms with Crippen molar-refractivity contribution in [3.8, 4) is 0 Å². The molecule has 0 aromatic heterocycles. The van der Waals surface area contributed by atoms with E-state index in [2.05, 4.69) is 24.3 Å². The van der Waals surface area contributed by atoms with E-state index < -0.39 is 0 Å². The molecule has 0 amide bonds. The van der Waals surface area contributed by atoms with Gasteiger partial charge in [0.15, 0.2) is 0 Å². The van der Waals surface area contributed by atoms with Crippen LogP contribution in [-0.4, -0.2) is 0 Å². The zero-order chi connectivity index (χ0) is 13.9. The molecule has 20 heavy (non-hydrogen) atoms. The summed E-state index contributed by atoms with van der Waals surface area (Å²) >= 11 is 12.6. The zero-order valence-electron chi connectivity index (χ0n) is 11.4. The lowest BCUT2D eigenvalue weighted by Gasteiger charge is -2.18. The van der Waals surface area contributed by atoms with Crippen LogP contribution < -0.4 is 0 Å². The summed E-state index contributed by atoms with van der Waals surface area (Å²) in [6.45, 7) is 0. The Morgan fingerprint density at radius 3 is 2.55 bits per heavy atom. The van der Waals surface area contributed by atoms with Crippen LogP contribution in [0.5, 0.6) is 0 Å².